The SMILES string of the molecule is CC(NC(=O)c1cc(S(=O)(=O)N2CCc3ccccc3C2)ccc1Cl)c1ccc(F)c(F)c1. The highest BCUT2D eigenvalue weighted by molar-refractivity contribution is 7.89. The number of halogens is 3. The van der Waals surface area contributed by atoms with E-state index >= 15 is 0 Å². The zero-order valence-corrected chi connectivity index (χ0v) is 19.3. The minimum Gasteiger partial charge on any atom is -0.345 e. The van der Waals surface area contributed by atoms with Crippen molar-refractivity contribution in [1.82, 2.24) is 9.62 Å². The first-order valence-corrected chi connectivity index (χ1v) is 12.1. The molecule has 0 saturated carbocycles. The van der Waals surface area contributed by atoms with Gasteiger partial charge in [0.05, 0.1) is 21.5 Å². The molecule has 0 spiro atoms. The number of nitrogens with one attached hydrogen (secondary N) is 1. The van der Waals surface area contributed by atoms with Gasteiger partial charge in [0.25, 0.3) is 5.91 Å². The molecule has 0 bridgehead atoms. The molecule has 1 aliphatic rings. The van der Waals surface area contributed by atoms with Crippen LogP contribution in [0.1, 0.15) is 40.0 Å². The minimum atomic E-state index is -3.87. The van der Waals surface area contributed by atoms with Crippen molar-refractivity contribution in [2.75, 3.05) is 6.54 Å². The van der Waals surface area contributed by atoms with Gasteiger partial charge in [-0.1, -0.05) is 41.9 Å². The van der Waals surface area contributed by atoms with E-state index in [1.807, 2.05) is 24.3 Å². The highest BCUT2D eigenvalue weighted by Gasteiger charge is 2.29. The van der Waals surface area contributed by atoms with Crippen LogP contribution in [0, 0.1) is 11.6 Å². The maximum Gasteiger partial charge on any atom is 0.253 e. The Morgan fingerprint density at radius 2 is 1.76 bits per heavy atom. The smallest absolute Gasteiger partial charge is 0.253 e. The molecule has 0 aliphatic carbocycles. The zero-order valence-electron chi connectivity index (χ0n) is 17.7. The number of amides is 1. The van der Waals surface area contributed by atoms with E-state index in [2.05, 4.69) is 5.32 Å². The number of nitrogens with zero attached hydrogens (tertiary/aromatic N) is 1. The second kappa shape index (κ2) is 9.21. The number of hydrogen-bond acceptors (Lipinski definition) is 3. The fourth-order valence-corrected chi connectivity index (χ4v) is 5.45. The molecule has 0 radical (unpaired) electrons. The predicted molar refractivity (Wildman–Crippen MR) is 121 cm³/mol. The molecule has 5 nitrogen and oxygen atoms in total. The van der Waals surface area contributed by atoms with E-state index in [1.165, 1.54) is 28.6 Å². The van der Waals surface area contributed by atoms with Gasteiger partial charge in [0.2, 0.25) is 10.0 Å². The molecule has 4 rings (SSSR count). The molecule has 0 saturated heterocycles. The predicted octanol–water partition coefficient (Wildman–Crippen LogP) is 4.86. The summed E-state index contributed by atoms with van der Waals surface area (Å²) in [6, 6.07) is 14.3. The summed E-state index contributed by atoms with van der Waals surface area (Å²) in [5.74, 6) is -2.64. The van der Waals surface area contributed by atoms with Crippen molar-refractivity contribution in [3.8, 4) is 0 Å². The van der Waals surface area contributed by atoms with Crippen LogP contribution in [-0.4, -0.2) is 25.2 Å². The summed E-state index contributed by atoms with van der Waals surface area (Å²) in [4.78, 5) is 12.8. The molecule has 1 aliphatic heterocycles. The van der Waals surface area contributed by atoms with Crippen molar-refractivity contribution in [2.45, 2.75) is 30.8 Å². The van der Waals surface area contributed by atoms with Gasteiger partial charge < -0.3 is 5.32 Å². The maximum absolute atomic E-state index is 13.5. The lowest BCUT2D eigenvalue weighted by molar-refractivity contribution is 0.0939. The molecule has 0 fully saturated rings. The number of fused-ring (bicyclic) bond motifs is 1. The average molecular weight is 491 g/mol. The Morgan fingerprint density at radius 1 is 1.03 bits per heavy atom. The average Bonchev–Trinajstić information content (AvgIpc) is 2.80. The largest absolute Gasteiger partial charge is 0.345 e. The number of benzene rings is 3. The molecule has 172 valence electrons. The number of rotatable bonds is 5. The zero-order chi connectivity index (χ0) is 23.8. The van der Waals surface area contributed by atoms with Gasteiger partial charge in [0.15, 0.2) is 11.6 Å². The first-order valence-electron chi connectivity index (χ1n) is 10.3. The van der Waals surface area contributed by atoms with Crippen LogP contribution in [0.2, 0.25) is 5.02 Å². The van der Waals surface area contributed by atoms with E-state index in [0.717, 1.165) is 23.3 Å². The van der Waals surface area contributed by atoms with Crippen LogP contribution in [0.25, 0.3) is 0 Å². The van der Waals surface area contributed by atoms with Crippen LogP contribution < -0.4 is 5.32 Å². The Hall–Kier alpha value is -2.81. The Labute approximate surface area is 196 Å². The molecular formula is C24H21ClF2N2O3S. The Bertz CT molecular complexity index is 1330. The third kappa shape index (κ3) is 4.78. The van der Waals surface area contributed by atoms with Crippen LogP contribution in [0.15, 0.2) is 65.6 Å². The molecule has 1 heterocycles. The topological polar surface area (TPSA) is 66.5 Å². The highest BCUT2D eigenvalue weighted by atomic mass is 35.5. The maximum atomic E-state index is 13.5. The van der Waals surface area contributed by atoms with Crippen molar-refractivity contribution in [3.63, 3.8) is 0 Å². The number of carbonyl (C=O) groups is 1. The summed E-state index contributed by atoms with van der Waals surface area (Å²) in [7, 11) is -3.87. The summed E-state index contributed by atoms with van der Waals surface area (Å²) in [5.41, 5.74) is 2.39. The van der Waals surface area contributed by atoms with Crippen LogP contribution in [0.5, 0.6) is 0 Å². The van der Waals surface area contributed by atoms with Gasteiger partial charge in [-0.3, -0.25) is 4.79 Å². The van der Waals surface area contributed by atoms with Gasteiger partial charge >= 0.3 is 0 Å². The molecule has 0 aromatic heterocycles. The van der Waals surface area contributed by atoms with Crippen molar-refractivity contribution < 1.29 is 22.0 Å². The summed E-state index contributed by atoms with van der Waals surface area (Å²) >= 11 is 6.19. The molecule has 1 atom stereocenters. The van der Waals surface area contributed by atoms with Gasteiger partial charge in [-0.15, -0.1) is 0 Å². The lowest BCUT2D eigenvalue weighted by Gasteiger charge is -2.28. The van der Waals surface area contributed by atoms with E-state index in [9.17, 15) is 22.0 Å². The number of sulfonamides is 1. The summed E-state index contributed by atoms with van der Waals surface area (Å²) in [6.45, 7) is 2.18. The molecule has 1 N–H and O–H groups in total. The molecule has 1 unspecified atom stereocenters. The van der Waals surface area contributed by atoms with Gasteiger partial charge in [-0.25, -0.2) is 17.2 Å². The number of carbonyl (C=O) groups excluding carboxylic acids is 1. The van der Waals surface area contributed by atoms with E-state index in [4.69, 9.17) is 11.6 Å². The van der Waals surface area contributed by atoms with Gasteiger partial charge in [-0.05, 0) is 60.4 Å². The normalized spacial score (nSPS) is 15.0. The van der Waals surface area contributed by atoms with E-state index in [1.54, 1.807) is 6.92 Å². The molecule has 9 heteroatoms. The number of hydrogen-bond donors (Lipinski definition) is 1. The van der Waals surface area contributed by atoms with Crippen molar-refractivity contribution in [1.29, 1.82) is 0 Å². The lowest BCUT2D eigenvalue weighted by Crippen LogP contribution is -2.36. The highest BCUT2D eigenvalue weighted by Crippen LogP contribution is 2.28. The van der Waals surface area contributed by atoms with Crippen molar-refractivity contribution >= 4 is 27.5 Å². The van der Waals surface area contributed by atoms with Crippen LogP contribution in [-0.2, 0) is 23.0 Å². The quantitative estimate of drug-likeness (QED) is 0.555. The standard InChI is InChI=1S/C24H21ClF2N2O3S/c1-15(17-6-9-22(26)23(27)12-17)28-24(30)20-13-19(7-8-21(20)25)33(31,32)29-11-10-16-4-2-3-5-18(16)14-29/h2-9,12-13,15H,10-11,14H2,1H3,(H,28,30). The van der Waals surface area contributed by atoms with Gasteiger partial charge in [-0.2, -0.15) is 4.31 Å². The molecule has 3 aromatic rings. The van der Waals surface area contributed by atoms with Gasteiger partial charge in [0, 0.05) is 13.1 Å². The fourth-order valence-electron chi connectivity index (χ4n) is 3.80. The first-order chi connectivity index (χ1) is 15.7. The van der Waals surface area contributed by atoms with Crippen LogP contribution in [0.4, 0.5) is 8.78 Å². The van der Waals surface area contributed by atoms with Crippen molar-refractivity contribution in [3.05, 3.63) is 99.6 Å². The van der Waals surface area contributed by atoms with Crippen molar-refractivity contribution in [2.24, 2.45) is 0 Å². The lowest BCUT2D eigenvalue weighted by atomic mass is 10.0. The van der Waals surface area contributed by atoms with E-state index in [-0.39, 0.29) is 22.0 Å². The molecular weight excluding hydrogens is 470 g/mol. The Balaban J connectivity index is 1.57. The molecule has 33 heavy (non-hydrogen) atoms. The molecule has 3 aromatic carbocycles. The van der Waals surface area contributed by atoms with Crippen LogP contribution >= 0.6 is 11.6 Å². The summed E-state index contributed by atoms with van der Waals surface area (Å²) < 4.78 is 54.7. The summed E-state index contributed by atoms with van der Waals surface area (Å²) in [6.07, 6.45) is 0.599. The Morgan fingerprint density at radius 3 is 2.48 bits per heavy atom. The summed E-state index contributed by atoms with van der Waals surface area (Å²) in [5, 5.41) is 2.73. The van der Waals surface area contributed by atoms with E-state index in [0.29, 0.717) is 18.5 Å². The van der Waals surface area contributed by atoms with Crippen LogP contribution in [0.3, 0.4) is 0 Å². The third-order valence-electron chi connectivity index (χ3n) is 5.71. The Kier molecular flexibility index (Phi) is 6.52. The van der Waals surface area contributed by atoms with E-state index < -0.39 is 33.6 Å². The second-order valence-corrected chi connectivity index (χ2v) is 10.2. The van der Waals surface area contributed by atoms with Gasteiger partial charge in [0.1, 0.15) is 0 Å². The second-order valence-electron chi connectivity index (χ2n) is 7.87. The molecule has 1 amide bonds. The minimum absolute atomic E-state index is 0.0235. The third-order valence-corrected chi connectivity index (χ3v) is 7.88. The monoisotopic (exact) mass is 490 g/mol. The fraction of sp³-hybridized carbons (Fsp3) is 0.208. The first kappa shape index (κ1) is 23.4.